The Labute approximate surface area is 249 Å². The average Bonchev–Trinajstić information content (AvgIpc) is 3.01. The molecular weight excluding hydrogens is 558 g/mol. The van der Waals surface area contributed by atoms with Crippen LogP contribution in [0.4, 0.5) is 0 Å². The number of carbonyl (C=O) groups excluding carboxylic acids is 4. The highest BCUT2D eigenvalue weighted by Crippen LogP contribution is 2.15. The number of nitrogens with one attached hydrogen (secondary N) is 3. The van der Waals surface area contributed by atoms with Gasteiger partial charge < -0.3 is 20.7 Å². The van der Waals surface area contributed by atoms with E-state index in [-0.39, 0.29) is 24.8 Å². The molecule has 3 aromatic rings. The number of rotatable bonds is 16. The highest BCUT2D eigenvalue weighted by Gasteiger charge is 2.27. The molecule has 0 bridgehead atoms. The molecule has 3 aromatic carbocycles. The van der Waals surface area contributed by atoms with Crippen LogP contribution in [0, 0.1) is 0 Å². The molecule has 216 valence electrons. The average molecular weight is 594 g/mol. The number of carbonyl (C=O) groups is 4. The number of methoxy groups -OCH3 is 1. The van der Waals surface area contributed by atoms with Gasteiger partial charge in [-0.1, -0.05) is 78.9 Å². The van der Waals surface area contributed by atoms with Gasteiger partial charge in [0.2, 0.25) is 11.8 Å². The zero-order valence-electron chi connectivity index (χ0n) is 22.9. The van der Waals surface area contributed by atoms with Gasteiger partial charge in [-0.15, -0.1) is 0 Å². The third kappa shape index (κ3) is 11.7. The molecule has 3 amide bonds. The third-order valence-corrected chi connectivity index (χ3v) is 8.13. The van der Waals surface area contributed by atoms with Crippen molar-refractivity contribution in [2.24, 2.45) is 0 Å². The first-order chi connectivity index (χ1) is 20.0. The van der Waals surface area contributed by atoms with Crippen LogP contribution in [0.15, 0.2) is 91.0 Å². The molecule has 0 aromatic heterocycles. The number of amides is 3. The number of benzene rings is 3. The van der Waals surface area contributed by atoms with Gasteiger partial charge >= 0.3 is 5.97 Å². The number of hydrogen-bond donors (Lipinski definition) is 3. The van der Waals surface area contributed by atoms with Crippen LogP contribution in [0.3, 0.4) is 0 Å². The van der Waals surface area contributed by atoms with Gasteiger partial charge in [0.15, 0.2) is 0 Å². The second kappa shape index (κ2) is 17.8. The Kier molecular flexibility index (Phi) is 13.8. The molecule has 0 aliphatic heterocycles. The van der Waals surface area contributed by atoms with Crippen molar-refractivity contribution in [1.29, 1.82) is 0 Å². The van der Waals surface area contributed by atoms with Crippen molar-refractivity contribution in [3.63, 3.8) is 0 Å². The maximum absolute atomic E-state index is 13.3. The van der Waals surface area contributed by atoms with Gasteiger partial charge in [0.05, 0.1) is 7.11 Å². The summed E-state index contributed by atoms with van der Waals surface area (Å²) in [5, 5.41) is 8.27. The molecule has 0 aliphatic rings. The Morgan fingerprint density at radius 2 is 1.22 bits per heavy atom. The summed E-state index contributed by atoms with van der Waals surface area (Å²) in [6.07, 6.45) is -0.000929. The fraction of sp³-hybridized carbons (Fsp3) is 0.290. The van der Waals surface area contributed by atoms with Crippen LogP contribution in [0.2, 0.25) is 0 Å². The van der Waals surface area contributed by atoms with Gasteiger partial charge in [-0.2, -0.15) is 23.5 Å². The molecule has 0 unspecified atom stereocenters. The van der Waals surface area contributed by atoms with Gasteiger partial charge in [0, 0.05) is 41.5 Å². The highest BCUT2D eigenvalue weighted by atomic mass is 32.2. The van der Waals surface area contributed by atoms with E-state index in [4.69, 9.17) is 4.74 Å². The van der Waals surface area contributed by atoms with Crippen molar-refractivity contribution in [3.8, 4) is 0 Å². The van der Waals surface area contributed by atoms with Crippen LogP contribution in [0.5, 0.6) is 0 Å². The maximum Gasteiger partial charge on any atom is 0.329 e. The normalized spacial score (nSPS) is 12.0. The smallest absolute Gasteiger partial charge is 0.329 e. The van der Waals surface area contributed by atoms with Crippen LogP contribution < -0.4 is 16.0 Å². The number of hydrogen-bond acceptors (Lipinski definition) is 7. The molecule has 8 nitrogen and oxygen atoms in total. The van der Waals surface area contributed by atoms with Crippen LogP contribution in [0.1, 0.15) is 27.9 Å². The molecule has 3 rings (SSSR count). The van der Waals surface area contributed by atoms with E-state index in [1.807, 2.05) is 66.7 Å². The van der Waals surface area contributed by atoms with Crippen molar-refractivity contribution < 1.29 is 23.9 Å². The van der Waals surface area contributed by atoms with Gasteiger partial charge in [0.1, 0.15) is 12.1 Å². The lowest BCUT2D eigenvalue weighted by Crippen LogP contribution is -2.53. The Balaban J connectivity index is 1.57. The Morgan fingerprint density at radius 3 is 1.76 bits per heavy atom. The van der Waals surface area contributed by atoms with E-state index in [0.29, 0.717) is 28.6 Å². The number of ether oxygens (including phenoxy) is 1. The SMILES string of the molecule is COC(=O)[C@H](CSCc1ccccc1)NC(=O)[C@H](CSCc1ccccc1)NC(=O)CCNC(=O)c1ccccc1. The predicted octanol–water partition coefficient (Wildman–Crippen LogP) is 3.82. The van der Waals surface area contributed by atoms with E-state index in [2.05, 4.69) is 16.0 Å². The van der Waals surface area contributed by atoms with E-state index >= 15 is 0 Å². The molecule has 0 fully saturated rings. The largest absolute Gasteiger partial charge is 0.467 e. The number of esters is 1. The minimum Gasteiger partial charge on any atom is -0.467 e. The minimum atomic E-state index is -0.882. The van der Waals surface area contributed by atoms with Crippen molar-refractivity contribution in [2.75, 3.05) is 25.2 Å². The molecule has 2 atom stereocenters. The van der Waals surface area contributed by atoms with Gasteiger partial charge in [-0.05, 0) is 23.3 Å². The van der Waals surface area contributed by atoms with Gasteiger partial charge in [-0.3, -0.25) is 14.4 Å². The summed E-state index contributed by atoms with van der Waals surface area (Å²) in [4.78, 5) is 50.8. The monoisotopic (exact) mass is 593 g/mol. The van der Waals surface area contributed by atoms with E-state index in [0.717, 1.165) is 11.1 Å². The van der Waals surface area contributed by atoms with Crippen molar-refractivity contribution >= 4 is 47.2 Å². The van der Waals surface area contributed by atoms with Crippen LogP contribution >= 0.6 is 23.5 Å². The molecule has 3 N–H and O–H groups in total. The molecule has 41 heavy (non-hydrogen) atoms. The van der Waals surface area contributed by atoms with Crippen molar-refractivity contribution in [3.05, 3.63) is 108 Å². The van der Waals surface area contributed by atoms with Gasteiger partial charge in [0.25, 0.3) is 5.91 Å². The lowest BCUT2D eigenvalue weighted by molar-refractivity contribution is -0.144. The Bertz CT molecular complexity index is 1250. The summed E-state index contributed by atoms with van der Waals surface area (Å²) in [5.74, 6) is 0.261. The maximum atomic E-state index is 13.3. The molecule has 0 saturated carbocycles. The number of thioether (sulfide) groups is 2. The zero-order chi connectivity index (χ0) is 29.3. The summed E-state index contributed by atoms with van der Waals surface area (Å²) in [6.45, 7) is 0.117. The molecule has 0 aliphatic carbocycles. The third-order valence-electron chi connectivity index (χ3n) is 5.92. The Hall–Kier alpha value is -3.76. The molecule has 10 heteroatoms. The highest BCUT2D eigenvalue weighted by molar-refractivity contribution is 7.98. The first-order valence-corrected chi connectivity index (χ1v) is 15.5. The molecule has 0 heterocycles. The second-order valence-electron chi connectivity index (χ2n) is 9.08. The zero-order valence-corrected chi connectivity index (χ0v) is 24.5. The summed E-state index contributed by atoms with van der Waals surface area (Å²) in [5.41, 5.74) is 2.70. The van der Waals surface area contributed by atoms with Crippen LogP contribution in [-0.2, 0) is 30.6 Å². The molecule has 0 radical (unpaired) electrons. The standard InChI is InChI=1S/C31H35N3O5S2/c1-39-31(38)27(22-41-20-24-13-7-3-8-14-24)34-30(37)26(21-40-19-23-11-5-2-6-12-23)33-28(35)17-18-32-29(36)25-15-9-4-10-16-25/h2-16,26-27H,17-22H2,1H3,(H,32,36)(H,33,35)(H,34,37)/t26-,27-/m0/s1. The van der Waals surface area contributed by atoms with E-state index in [1.54, 1.807) is 24.3 Å². The Morgan fingerprint density at radius 1 is 0.707 bits per heavy atom. The van der Waals surface area contributed by atoms with Gasteiger partial charge in [-0.25, -0.2) is 4.79 Å². The van der Waals surface area contributed by atoms with Crippen LogP contribution in [0.25, 0.3) is 0 Å². The van der Waals surface area contributed by atoms with E-state index in [1.165, 1.54) is 30.6 Å². The van der Waals surface area contributed by atoms with Crippen LogP contribution in [-0.4, -0.2) is 60.9 Å². The minimum absolute atomic E-state index is 0.000929. The summed E-state index contributed by atoms with van der Waals surface area (Å²) in [6, 6.07) is 26.6. The van der Waals surface area contributed by atoms with Crippen molar-refractivity contribution in [1.82, 2.24) is 16.0 Å². The lowest BCUT2D eigenvalue weighted by atomic mass is 10.2. The summed E-state index contributed by atoms with van der Waals surface area (Å²) >= 11 is 3.01. The fourth-order valence-electron chi connectivity index (χ4n) is 3.75. The molecule has 0 spiro atoms. The van der Waals surface area contributed by atoms with E-state index < -0.39 is 24.0 Å². The molecular formula is C31H35N3O5S2. The fourth-order valence-corrected chi connectivity index (χ4v) is 5.77. The van der Waals surface area contributed by atoms with Crippen molar-refractivity contribution in [2.45, 2.75) is 30.0 Å². The summed E-state index contributed by atoms with van der Waals surface area (Å²) in [7, 11) is 1.28. The summed E-state index contributed by atoms with van der Waals surface area (Å²) < 4.78 is 4.93. The second-order valence-corrected chi connectivity index (χ2v) is 11.1. The first-order valence-electron chi connectivity index (χ1n) is 13.2. The lowest BCUT2D eigenvalue weighted by Gasteiger charge is -2.22. The topological polar surface area (TPSA) is 114 Å². The van der Waals surface area contributed by atoms with E-state index in [9.17, 15) is 19.2 Å². The quantitative estimate of drug-likeness (QED) is 0.217. The first kappa shape index (κ1) is 31.8. The predicted molar refractivity (Wildman–Crippen MR) is 164 cm³/mol. The molecule has 0 saturated heterocycles.